The molecule has 0 bridgehead atoms. The highest BCUT2D eigenvalue weighted by atomic mass is 15.4. The van der Waals surface area contributed by atoms with Gasteiger partial charge in [-0.25, -0.2) is 4.68 Å². The zero-order chi connectivity index (χ0) is 13.4. The minimum atomic E-state index is -0.370. The number of rotatable bonds is 1. The average Bonchev–Trinajstić information content (AvgIpc) is 2.77. The number of nitriles is 1. The predicted octanol–water partition coefficient (Wildman–Crippen LogP) is 0.690. The molecule has 1 aliphatic rings. The molecular formula is C12H11N7. The minimum Gasteiger partial charge on any atom is -0.384 e. The molecular weight excluding hydrogens is 242 g/mol. The first-order chi connectivity index (χ1) is 9.20. The zero-order valence-electron chi connectivity index (χ0n) is 10.2. The van der Waals surface area contributed by atoms with Gasteiger partial charge in [-0.05, 0) is 24.6 Å². The fraction of sp³-hybridized carbons (Fsp3) is 0.167. The van der Waals surface area contributed by atoms with E-state index in [4.69, 9.17) is 5.73 Å². The van der Waals surface area contributed by atoms with Gasteiger partial charge in [0.15, 0.2) is 0 Å². The van der Waals surface area contributed by atoms with Gasteiger partial charge >= 0.3 is 0 Å². The molecule has 0 amide bonds. The van der Waals surface area contributed by atoms with Gasteiger partial charge in [-0.2, -0.15) is 15.3 Å². The normalized spacial score (nSPS) is 17.6. The molecule has 7 nitrogen and oxygen atoms in total. The number of fused-ring (bicyclic) bond motifs is 1. The van der Waals surface area contributed by atoms with Gasteiger partial charge in [-0.3, -0.25) is 4.98 Å². The van der Waals surface area contributed by atoms with Crippen molar-refractivity contribution in [2.45, 2.75) is 13.0 Å². The summed E-state index contributed by atoms with van der Waals surface area (Å²) in [5.74, 6) is 1.47. The molecule has 2 aromatic rings. The molecule has 94 valence electrons. The van der Waals surface area contributed by atoms with Crippen molar-refractivity contribution in [3.8, 4) is 6.07 Å². The van der Waals surface area contributed by atoms with Crippen molar-refractivity contribution < 1.29 is 0 Å². The smallest absolute Gasteiger partial charge is 0.227 e. The van der Waals surface area contributed by atoms with Crippen molar-refractivity contribution in [2.24, 2.45) is 5.73 Å². The van der Waals surface area contributed by atoms with Crippen LogP contribution >= 0.6 is 0 Å². The van der Waals surface area contributed by atoms with E-state index in [1.165, 1.54) is 0 Å². The van der Waals surface area contributed by atoms with E-state index in [-0.39, 0.29) is 6.04 Å². The van der Waals surface area contributed by atoms with Gasteiger partial charge < -0.3 is 11.1 Å². The molecule has 3 N–H and O–H groups in total. The van der Waals surface area contributed by atoms with E-state index in [0.29, 0.717) is 23.2 Å². The summed E-state index contributed by atoms with van der Waals surface area (Å²) in [5, 5.41) is 16.5. The van der Waals surface area contributed by atoms with Gasteiger partial charge in [0.1, 0.15) is 23.8 Å². The number of nitrogens with one attached hydrogen (secondary N) is 1. The molecule has 3 rings (SSSR count). The maximum Gasteiger partial charge on any atom is 0.227 e. The lowest BCUT2D eigenvalue weighted by atomic mass is 9.99. The van der Waals surface area contributed by atoms with Gasteiger partial charge in [0, 0.05) is 12.4 Å². The number of nitrogens with two attached hydrogens (primary N) is 1. The Labute approximate surface area is 109 Å². The Morgan fingerprint density at radius 2 is 2.16 bits per heavy atom. The summed E-state index contributed by atoms with van der Waals surface area (Å²) < 4.78 is 1.67. The van der Waals surface area contributed by atoms with Crippen LogP contribution in [-0.4, -0.2) is 19.7 Å². The average molecular weight is 253 g/mol. The molecule has 0 aromatic carbocycles. The Kier molecular flexibility index (Phi) is 2.42. The Morgan fingerprint density at radius 1 is 1.42 bits per heavy atom. The fourth-order valence-corrected chi connectivity index (χ4v) is 2.13. The maximum atomic E-state index is 9.32. The van der Waals surface area contributed by atoms with Crippen molar-refractivity contribution in [1.82, 2.24) is 19.7 Å². The highest BCUT2D eigenvalue weighted by Gasteiger charge is 2.30. The first-order valence-electron chi connectivity index (χ1n) is 5.70. The number of pyridine rings is 1. The molecule has 0 spiro atoms. The fourth-order valence-electron chi connectivity index (χ4n) is 2.13. The summed E-state index contributed by atoms with van der Waals surface area (Å²) >= 11 is 0. The van der Waals surface area contributed by atoms with Gasteiger partial charge in [0.05, 0.1) is 5.57 Å². The SMILES string of the molecule is Cc1nc2n(n1)C(c1ccncc1)C(C#N)=C(N)N2. The first kappa shape index (κ1) is 11.2. The van der Waals surface area contributed by atoms with E-state index in [9.17, 15) is 5.26 Å². The van der Waals surface area contributed by atoms with E-state index in [0.717, 1.165) is 5.56 Å². The molecule has 1 unspecified atom stereocenters. The van der Waals surface area contributed by atoms with Crippen LogP contribution in [0.4, 0.5) is 5.95 Å². The molecule has 3 heterocycles. The Bertz CT molecular complexity index is 693. The van der Waals surface area contributed by atoms with Crippen LogP contribution < -0.4 is 11.1 Å². The lowest BCUT2D eigenvalue weighted by molar-refractivity contribution is 0.581. The lowest BCUT2D eigenvalue weighted by Crippen LogP contribution is -2.28. The lowest BCUT2D eigenvalue weighted by Gasteiger charge is -2.25. The summed E-state index contributed by atoms with van der Waals surface area (Å²) in [4.78, 5) is 8.23. The third-order valence-corrected chi connectivity index (χ3v) is 2.93. The molecule has 0 radical (unpaired) electrons. The van der Waals surface area contributed by atoms with Crippen LogP contribution in [-0.2, 0) is 0 Å². The van der Waals surface area contributed by atoms with E-state index in [1.807, 2.05) is 12.1 Å². The topological polar surface area (TPSA) is 105 Å². The van der Waals surface area contributed by atoms with Gasteiger partial charge in [0.2, 0.25) is 5.95 Å². The molecule has 0 saturated heterocycles. The molecule has 0 saturated carbocycles. The van der Waals surface area contributed by atoms with Crippen LogP contribution in [0, 0.1) is 18.3 Å². The van der Waals surface area contributed by atoms with Crippen LogP contribution in [0.3, 0.4) is 0 Å². The van der Waals surface area contributed by atoms with Crippen molar-refractivity contribution in [1.29, 1.82) is 5.26 Å². The zero-order valence-corrected chi connectivity index (χ0v) is 10.2. The Morgan fingerprint density at radius 3 is 2.84 bits per heavy atom. The standard InChI is InChI=1S/C12H11N7/c1-7-16-12-17-11(14)9(6-13)10(19(12)18-7)8-2-4-15-5-3-8/h2-5,10H,14H2,1H3,(H,16,17,18). The van der Waals surface area contributed by atoms with Crippen molar-refractivity contribution in [3.05, 3.63) is 47.3 Å². The highest BCUT2D eigenvalue weighted by molar-refractivity contribution is 5.51. The first-order valence-corrected chi connectivity index (χ1v) is 5.70. The van der Waals surface area contributed by atoms with Crippen molar-refractivity contribution in [2.75, 3.05) is 5.32 Å². The molecule has 1 aliphatic heterocycles. The van der Waals surface area contributed by atoms with E-state index in [2.05, 4.69) is 26.5 Å². The van der Waals surface area contributed by atoms with Crippen LogP contribution in [0.5, 0.6) is 0 Å². The third kappa shape index (κ3) is 1.70. The molecule has 2 aromatic heterocycles. The predicted molar refractivity (Wildman–Crippen MR) is 67.6 cm³/mol. The van der Waals surface area contributed by atoms with Gasteiger partial charge in [0.25, 0.3) is 0 Å². The van der Waals surface area contributed by atoms with Gasteiger partial charge in [-0.15, -0.1) is 0 Å². The summed E-state index contributed by atoms with van der Waals surface area (Å²) in [6.07, 6.45) is 3.35. The number of hydrogen-bond acceptors (Lipinski definition) is 6. The number of aromatic nitrogens is 4. The number of hydrogen-bond donors (Lipinski definition) is 2. The monoisotopic (exact) mass is 253 g/mol. The van der Waals surface area contributed by atoms with Gasteiger partial charge in [-0.1, -0.05) is 0 Å². The quantitative estimate of drug-likeness (QED) is 0.774. The second kappa shape index (κ2) is 4.10. The van der Waals surface area contributed by atoms with E-state index in [1.54, 1.807) is 24.0 Å². The molecule has 1 atom stereocenters. The third-order valence-electron chi connectivity index (χ3n) is 2.93. The molecule has 0 aliphatic carbocycles. The molecule has 7 heteroatoms. The van der Waals surface area contributed by atoms with Crippen LogP contribution in [0.15, 0.2) is 35.9 Å². The Hall–Kier alpha value is -2.88. The van der Waals surface area contributed by atoms with E-state index < -0.39 is 0 Å². The largest absolute Gasteiger partial charge is 0.384 e. The second-order valence-electron chi connectivity index (χ2n) is 4.17. The summed E-state index contributed by atoms with van der Waals surface area (Å²) in [5.41, 5.74) is 7.20. The van der Waals surface area contributed by atoms with Crippen molar-refractivity contribution in [3.63, 3.8) is 0 Å². The molecule has 0 fully saturated rings. The summed E-state index contributed by atoms with van der Waals surface area (Å²) in [7, 11) is 0. The number of nitrogens with zero attached hydrogens (tertiary/aromatic N) is 5. The Balaban J connectivity index is 2.22. The second-order valence-corrected chi connectivity index (χ2v) is 4.17. The summed E-state index contributed by atoms with van der Waals surface area (Å²) in [6, 6.07) is 5.44. The number of allylic oxidation sites excluding steroid dienone is 1. The van der Waals surface area contributed by atoms with Crippen LogP contribution in [0.1, 0.15) is 17.4 Å². The van der Waals surface area contributed by atoms with Crippen LogP contribution in [0.25, 0.3) is 0 Å². The number of aryl methyl sites for hydroxylation is 1. The number of anilines is 1. The maximum absolute atomic E-state index is 9.32. The van der Waals surface area contributed by atoms with Crippen LogP contribution in [0.2, 0.25) is 0 Å². The minimum absolute atomic E-state index is 0.309. The highest BCUT2D eigenvalue weighted by Crippen LogP contribution is 2.32. The molecule has 19 heavy (non-hydrogen) atoms. The van der Waals surface area contributed by atoms with Crippen molar-refractivity contribution >= 4 is 5.95 Å². The van der Waals surface area contributed by atoms with E-state index >= 15 is 0 Å². The summed E-state index contributed by atoms with van der Waals surface area (Å²) in [6.45, 7) is 1.79.